The molecule has 0 amide bonds. The first-order chi connectivity index (χ1) is 12.9. The van der Waals surface area contributed by atoms with Crippen molar-refractivity contribution in [3.05, 3.63) is 77.9 Å². The highest BCUT2D eigenvalue weighted by Gasteiger charge is 2.19. The number of rotatable bonds is 6. The Kier molecular flexibility index (Phi) is 5.37. The van der Waals surface area contributed by atoms with Gasteiger partial charge in [-0.3, -0.25) is 4.72 Å². The molecule has 0 saturated carbocycles. The van der Waals surface area contributed by atoms with E-state index < -0.39 is 10.0 Å². The smallest absolute Gasteiger partial charge is 0.262 e. The minimum absolute atomic E-state index is 0.227. The molecule has 3 aromatic carbocycles. The molecule has 0 spiro atoms. The van der Waals surface area contributed by atoms with Gasteiger partial charge in [-0.2, -0.15) is 0 Å². The van der Waals surface area contributed by atoms with Gasteiger partial charge >= 0.3 is 0 Å². The van der Waals surface area contributed by atoms with Gasteiger partial charge in [-0.1, -0.05) is 18.2 Å². The summed E-state index contributed by atoms with van der Waals surface area (Å²) < 4.78 is 39.1. The van der Waals surface area contributed by atoms with Crippen LogP contribution in [0.25, 0.3) is 0 Å². The lowest BCUT2D eigenvalue weighted by Gasteiger charge is -2.14. The van der Waals surface area contributed by atoms with E-state index in [2.05, 4.69) is 4.72 Å². The van der Waals surface area contributed by atoms with Crippen molar-refractivity contribution in [1.82, 2.24) is 0 Å². The molecule has 140 valence electrons. The summed E-state index contributed by atoms with van der Waals surface area (Å²) in [5.41, 5.74) is 1.84. The lowest BCUT2D eigenvalue weighted by molar-refractivity contribution is 0.411. The molecular formula is C21H21NO4S. The van der Waals surface area contributed by atoms with Gasteiger partial charge in [0.15, 0.2) is 0 Å². The molecule has 0 atom stereocenters. The second-order valence-corrected chi connectivity index (χ2v) is 7.78. The fourth-order valence-corrected chi connectivity index (χ4v) is 4.07. The number of hydrogen-bond donors (Lipinski definition) is 1. The molecule has 0 bridgehead atoms. The second-order valence-electron chi connectivity index (χ2n) is 6.13. The normalized spacial score (nSPS) is 11.1. The lowest BCUT2D eigenvalue weighted by Crippen LogP contribution is -2.14. The maximum Gasteiger partial charge on any atom is 0.262 e. The number of methoxy groups -OCH3 is 1. The average Bonchev–Trinajstić information content (AvgIpc) is 2.65. The van der Waals surface area contributed by atoms with E-state index in [9.17, 15) is 8.42 Å². The maximum absolute atomic E-state index is 12.8. The van der Waals surface area contributed by atoms with E-state index in [4.69, 9.17) is 9.47 Å². The Morgan fingerprint density at radius 3 is 2.07 bits per heavy atom. The van der Waals surface area contributed by atoms with Crippen molar-refractivity contribution >= 4 is 15.7 Å². The zero-order valence-corrected chi connectivity index (χ0v) is 16.2. The molecule has 6 heteroatoms. The molecule has 0 aliphatic carbocycles. The van der Waals surface area contributed by atoms with Gasteiger partial charge in [0.1, 0.15) is 17.2 Å². The van der Waals surface area contributed by atoms with Crippen LogP contribution in [0.15, 0.2) is 71.6 Å². The highest BCUT2D eigenvalue weighted by atomic mass is 32.2. The predicted octanol–water partition coefficient (Wildman–Crippen LogP) is 4.91. The van der Waals surface area contributed by atoms with Crippen LogP contribution in [0.5, 0.6) is 17.2 Å². The first-order valence-corrected chi connectivity index (χ1v) is 9.88. The van der Waals surface area contributed by atoms with Crippen molar-refractivity contribution < 1.29 is 17.9 Å². The minimum atomic E-state index is -3.71. The van der Waals surface area contributed by atoms with Crippen molar-refractivity contribution in [1.29, 1.82) is 0 Å². The van der Waals surface area contributed by atoms with Crippen molar-refractivity contribution in [2.24, 2.45) is 0 Å². The lowest BCUT2D eigenvalue weighted by atomic mass is 10.1. The molecule has 0 aliphatic rings. The van der Waals surface area contributed by atoms with Gasteiger partial charge < -0.3 is 9.47 Å². The van der Waals surface area contributed by atoms with Crippen molar-refractivity contribution in [2.45, 2.75) is 18.7 Å². The number of aryl methyl sites for hydroxylation is 2. The monoisotopic (exact) mass is 383 g/mol. The number of nitrogens with one attached hydrogen (secondary N) is 1. The molecule has 27 heavy (non-hydrogen) atoms. The quantitative estimate of drug-likeness (QED) is 0.657. The Hall–Kier alpha value is -2.99. The van der Waals surface area contributed by atoms with E-state index >= 15 is 0 Å². The van der Waals surface area contributed by atoms with Crippen molar-refractivity contribution in [3.8, 4) is 17.2 Å². The third-order valence-corrected chi connectivity index (χ3v) is 5.59. The number of anilines is 1. The van der Waals surface area contributed by atoms with Crippen LogP contribution in [0.1, 0.15) is 11.1 Å². The van der Waals surface area contributed by atoms with E-state index in [1.54, 1.807) is 50.4 Å². The zero-order valence-electron chi connectivity index (χ0n) is 15.4. The van der Waals surface area contributed by atoms with Gasteiger partial charge in [0.25, 0.3) is 10.0 Å². The fraction of sp³-hybridized carbons (Fsp3) is 0.143. The average molecular weight is 383 g/mol. The first kappa shape index (κ1) is 18.8. The summed E-state index contributed by atoms with van der Waals surface area (Å²) in [5, 5.41) is 0. The van der Waals surface area contributed by atoms with E-state index in [0.29, 0.717) is 22.7 Å². The molecule has 0 radical (unpaired) electrons. The Balaban J connectivity index is 1.79. The van der Waals surface area contributed by atoms with Crippen molar-refractivity contribution in [3.63, 3.8) is 0 Å². The third kappa shape index (κ3) is 4.41. The molecule has 5 nitrogen and oxygen atoms in total. The Bertz CT molecular complexity index is 1030. The summed E-state index contributed by atoms with van der Waals surface area (Å²) >= 11 is 0. The third-order valence-electron chi connectivity index (χ3n) is 4.07. The molecule has 3 aromatic rings. The Morgan fingerprint density at radius 2 is 1.44 bits per heavy atom. The van der Waals surface area contributed by atoms with E-state index in [1.165, 1.54) is 0 Å². The molecule has 0 saturated heterocycles. The van der Waals surface area contributed by atoms with Gasteiger partial charge in [-0.25, -0.2) is 8.42 Å². The summed E-state index contributed by atoms with van der Waals surface area (Å²) in [7, 11) is -2.15. The first-order valence-electron chi connectivity index (χ1n) is 8.40. The molecule has 0 unspecified atom stereocenters. The minimum Gasteiger partial charge on any atom is -0.496 e. The molecular weight excluding hydrogens is 362 g/mol. The summed E-state index contributed by atoms with van der Waals surface area (Å²) in [5.74, 6) is 2.00. The number of ether oxygens (including phenoxy) is 2. The number of sulfonamides is 1. The summed E-state index contributed by atoms with van der Waals surface area (Å²) in [6.45, 7) is 3.56. The van der Waals surface area contributed by atoms with Crippen LogP contribution in [0.2, 0.25) is 0 Å². The van der Waals surface area contributed by atoms with Crippen LogP contribution in [-0.4, -0.2) is 15.5 Å². The molecule has 1 N–H and O–H groups in total. The standard InChI is InChI=1S/C21H21NO4S/c1-15-14-21(16(2)13-20(15)25-3)27(23,24)22-17-9-11-19(12-10-17)26-18-7-5-4-6-8-18/h4-14,22H,1-3H3. The van der Waals surface area contributed by atoms with Gasteiger partial charge in [0.2, 0.25) is 0 Å². The highest BCUT2D eigenvalue weighted by Crippen LogP contribution is 2.28. The van der Waals surface area contributed by atoms with Crippen LogP contribution < -0.4 is 14.2 Å². The largest absolute Gasteiger partial charge is 0.496 e. The molecule has 0 aliphatic heterocycles. The number of para-hydroxylation sites is 1. The Morgan fingerprint density at radius 1 is 0.815 bits per heavy atom. The fourth-order valence-electron chi connectivity index (χ4n) is 2.70. The molecule has 3 rings (SSSR count). The number of benzene rings is 3. The van der Waals surface area contributed by atoms with Crippen LogP contribution in [0.4, 0.5) is 5.69 Å². The van der Waals surface area contributed by atoms with Gasteiger partial charge in [0.05, 0.1) is 12.0 Å². The zero-order chi connectivity index (χ0) is 19.4. The topological polar surface area (TPSA) is 64.6 Å². The van der Waals surface area contributed by atoms with Gasteiger partial charge in [0, 0.05) is 5.69 Å². The molecule has 0 heterocycles. The van der Waals surface area contributed by atoms with E-state index in [1.807, 2.05) is 37.3 Å². The van der Waals surface area contributed by atoms with Crippen LogP contribution in [0, 0.1) is 13.8 Å². The van der Waals surface area contributed by atoms with Gasteiger partial charge in [-0.15, -0.1) is 0 Å². The molecule has 0 fully saturated rings. The van der Waals surface area contributed by atoms with Crippen LogP contribution in [0.3, 0.4) is 0 Å². The van der Waals surface area contributed by atoms with Crippen LogP contribution >= 0.6 is 0 Å². The maximum atomic E-state index is 12.8. The highest BCUT2D eigenvalue weighted by molar-refractivity contribution is 7.92. The van der Waals surface area contributed by atoms with E-state index in [0.717, 1.165) is 11.3 Å². The second kappa shape index (κ2) is 7.72. The Labute approximate surface area is 159 Å². The SMILES string of the molecule is COc1cc(C)c(S(=O)(=O)Nc2ccc(Oc3ccccc3)cc2)cc1C. The summed E-state index contributed by atoms with van der Waals surface area (Å²) in [4.78, 5) is 0.227. The molecule has 0 aromatic heterocycles. The predicted molar refractivity (Wildman–Crippen MR) is 106 cm³/mol. The summed E-state index contributed by atoms with van der Waals surface area (Å²) in [6.07, 6.45) is 0. The van der Waals surface area contributed by atoms with Gasteiger partial charge in [-0.05, 0) is 73.5 Å². The van der Waals surface area contributed by atoms with Crippen LogP contribution in [-0.2, 0) is 10.0 Å². The number of hydrogen-bond acceptors (Lipinski definition) is 4. The summed E-state index contributed by atoms with van der Waals surface area (Å²) in [6, 6.07) is 19.5. The van der Waals surface area contributed by atoms with Crippen molar-refractivity contribution in [2.75, 3.05) is 11.8 Å². The van der Waals surface area contributed by atoms with E-state index in [-0.39, 0.29) is 4.90 Å².